The van der Waals surface area contributed by atoms with E-state index < -0.39 is 0 Å². The Balaban J connectivity index is 2.08. The van der Waals surface area contributed by atoms with E-state index in [1.807, 2.05) is 12.1 Å². The van der Waals surface area contributed by atoms with Crippen LogP contribution in [-0.4, -0.2) is 43.5 Å². The fraction of sp³-hybridized carbons (Fsp3) is 0.462. The van der Waals surface area contributed by atoms with Crippen LogP contribution in [0.5, 0.6) is 11.5 Å². The summed E-state index contributed by atoms with van der Waals surface area (Å²) in [5, 5.41) is 10.5. The van der Waals surface area contributed by atoms with E-state index in [2.05, 4.69) is 9.88 Å². The number of ether oxygens (including phenoxy) is 2. The van der Waals surface area contributed by atoms with Gasteiger partial charge in [-0.15, -0.1) is 0 Å². The minimum Gasteiger partial charge on any atom is -0.495 e. The summed E-state index contributed by atoms with van der Waals surface area (Å²) in [6, 6.07) is 3.76. The molecule has 5 nitrogen and oxygen atoms in total. The number of hydrogen-bond acceptors (Lipinski definition) is 6. The highest BCUT2D eigenvalue weighted by Gasteiger charge is 2.24. The van der Waals surface area contributed by atoms with Crippen molar-refractivity contribution in [2.75, 3.05) is 32.2 Å². The highest BCUT2D eigenvalue weighted by atomic mass is 32.1. The van der Waals surface area contributed by atoms with Crippen LogP contribution in [0.15, 0.2) is 12.1 Å². The summed E-state index contributed by atoms with van der Waals surface area (Å²) in [5.74, 6) is 1.55. The van der Waals surface area contributed by atoms with Crippen LogP contribution in [0.2, 0.25) is 0 Å². The molecule has 1 aromatic carbocycles. The van der Waals surface area contributed by atoms with Gasteiger partial charge in [0.2, 0.25) is 0 Å². The van der Waals surface area contributed by atoms with Crippen molar-refractivity contribution in [2.45, 2.75) is 12.5 Å². The number of benzene rings is 1. The maximum absolute atomic E-state index is 9.62. The highest BCUT2D eigenvalue weighted by molar-refractivity contribution is 7.22. The number of anilines is 1. The number of aromatic nitrogens is 1. The lowest BCUT2D eigenvalue weighted by Gasteiger charge is -2.12. The van der Waals surface area contributed by atoms with Gasteiger partial charge in [0.15, 0.2) is 5.13 Å². The summed E-state index contributed by atoms with van der Waals surface area (Å²) in [5.41, 5.74) is 0.822. The van der Waals surface area contributed by atoms with E-state index in [0.717, 1.165) is 39.8 Å². The van der Waals surface area contributed by atoms with Crippen LogP contribution in [0.4, 0.5) is 5.13 Å². The number of fused-ring (bicyclic) bond motifs is 1. The molecule has 1 atom stereocenters. The van der Waals surface area contributed by atoms with Crippen molar-refractivity contribution in [1.29, 1.82) is 0 Å². The van der Waals surface area contributed by atoms with Gasteiger partial charge in [0.25, 0.3) is 0 Å². The van der Waals surface area contributed by atoms with Gasteiger partial charge < -0.3 is 19.5 Å². The number of rotatable bonds is 3. The van der Waals surface area contributed by atoms with E-state index in [4.69, 9.17) is 9.47 Å². The molecule has 6 heteroatoms. The molecule has 2 aromatic rings. The third kappa shape index (κ3) is 2.11. The Kier molecular flexibility index (Phi) is 3.20. The minimum atomic E-state index is -0.254. The van der Waals surface area contributed by atoms with Crippen LogP contribution in [0.3, 0.4) is 0 Å². The van der Waals surface area contributed by atoms with Gasteiger partial charge >= 0.3 is 0 Å². The molecule has 1 aromatic heterocycles. The zero-order chi connectivity index (χ0) is 13.4. The summed E-state index contributed by atoms with van der Waals surface area (Å²) in [6.45, 7) is 1.48. The molecule has 2 heterocycles. The maximum Gasteiger partial charge on any atom is 0.186 e. The minimum absolute atomic E-state index is 0.254. The van der Waals surface area contributed by atoms with Crippen LogP contribution in [0, 0.1) is 0 Å². The molecule has 102 valence electrons. The first-order chi connectivity index (χ1) is 9.22. The molecule has 1 saturated heterocycles. The molecular formula is C13H16N2O3S. The van der Waals surface area contributed by atoms with Crippen LogP contribution in [0.25, 0.3) is 10.2 Å². The Morgan fingerprint density at radius 1 is 1.32 bits per heavy atom. The van der Waals surface area contributed by atoms with Gasteiger partial charge in [0.1, 0.15) is 21.7 Å². The van der Waals surface area contributed by atoms with Gasteiger partial charge in [-0.3, -0.25) is 0 Å². The third-order valence-corrected chi connectivity index (χ3v) is 4.46. The first-order valence-electron chi connectivity index (χ1n) is 6.17. The Bertz CT molecular complexity index is 558. The molecule has 1 unspecified atom stereocenters. The van der Waals surface area contributed by atoms with Crippen molar-refractivity contribution in [3.05, 3.63) is 12.1 Å². The predicted octanol–water partition coefficient (Wildman–Crippen LogP) is 1.88. The second kappa shape index (κ2) is 4.86. The van der Waals surface area contributed by atoms with Crippen LogP contribution in [-0.2, 0) is 0 Å². The van der Waals surface area contributed by atoms with Crippen molar-refractivity contribution in [2.24, 2.45) is 0 Å². The zero-order valence-electron chi connectivity index (χ0n) is 10.9. The van der Waals surface area contributed by atoms with E-state index >= 15 is 0 Å². The molecule has 0 spiro atoms. The number of nitrogens with zero attached hydrogens (tertiary/aromatic N) is 2. The van der Waals surface area contributed by atoms with Crippen LogP contribution < -0.4 is 14.4 Å². The van der Waals surface area contributed by atoms with Crippen LogP contribution >= 0.6 is 11.3 Å². The summed E-state index contributed by atoms with van der Waals surface area (Å²) in [4.78, 5) is 6.74. The molecule has 1 aliphatic rings. The molecule has 19 heavy (non-hydrogen) atoms. The highest BCUT2D eigenvalue weighted by Crippen LogP contribution is 2.40. The van der Waals surface area contributed by atoms with E-state index in [-0.39, 0.29) is 6.10 Å². The molecule has 1 fully saturated rings. The van der Waals surface area contributed by atoms with Gasteiger partial charge in [-0.1, -0.05) is 11.3 Å². The quantitative estimate of drug-likeness (QED) is 0.930. The third-order valence-electron chi connectivity index (χ3n) is 3.33. The van der Waals surface area contributed by atoms with E-state index in [1.54, 1.807) is 25.6 Å². The Hall–Kier alpha value is -1.53. The van der Waals surface area contributed by atoms with Crippen molar-refractivity contribution in [3.8, 4) is 11.5 Å². The van der Waals surface area contributed by atoms with Gasteiger partial charge in [-0.2, -0.15) is 0 Å². The first kappa shape index (κ1) is 12.5. The average Bonchev–Trinajstić information content (AvgIpc) is 3.03. The molecule has 1 aliphatic heterocycles. The summed E-state index contributed by atoms with van der Waals surface area (Å²) < 4.78 is 11.7. The Labute approximate surface area is 115 Å². The number of aliphatic hydroxyl groups is 1. The lowest BCUT2D eigenvalue weighted by atomic mass is 10.3. The number of aliphatic hydroxyl groups excluding tert-OH is 1. The largest absolute Gasteiger partial charge is 0.495 e. The molecular weight excluding hydrogens is 264 g/mol. The van der Waals surface area contributed by atoms with Gasteiger partial charge in [-0.05, 0) is 18.6 Å². The number of hydrogen-bond donors (Lipinski definition) is 1. The number of thiazole rings is 1. The van der Waals surface area contributed by atoms with Gasteiger partial charge in [0.05, 0.1) is 20.3 Å². The molecule has 0 aliphatic carbocycles. The second-order valence-corrected chi connectivity index (χ2v) is 5.51. The lowest BCUT2D eigenvalue weighted by molar-refractivity contribution is 0.198. The fourth-order valence-corrected chi connectivity index (χ4v) is 3.43. The lowest BCUT2D eigenvalue weighted by Crippen LogP contribution is -2.20. The molecule has 0 radical (unpaired) electrons. The number of β-amino-alcohol motifs (C(OH)–C–C–N with tert-alkyl or cyclic N) is 1. The van der Waals surface area contributed by atoms with E-state index in [1.165, 1.54) is 0 Å². The van der Waals surface area contributed by atoms with E-state index in [9.17, 15) is 5.11 Å². The van der Waals surface area contributed by atoms with Crippen molar-refractivity contribution in [3.63, 3.8) is 0 Å². The zero-order valence-corrected chi connectivity index (χ0v) is 11.7. The van der Waals surface area contributed by atoms with Crippen molar-refractivity contribution >= 4 is 26.7 Å². The summed E-state index contributed by atoms with van der Waals surface area (Å²) in [6.07, 6.45) is 0.542. The normalized spacial score (nSPS) is 19.1. The average molecular weight is 280 g/mol. The topological polar surface area (TPSA) is 54.8 Å². The Morgan fingerprint density at radius 2 is 2.05 bits per heavy atom. The smallest absolute Gasteiger partial charge is 0.186 e. The molecule has 0 amide bonds. The van der Waals surface area contributed by atoms with Gasteiger partial charge in [0, 0.05) is 13.1 Å². The molecule has 1 N–H and O–H groups in total. The van der Waals surface area contributed by atoms with Gasteiger partial charge in [-0.25, -0.2) is 4.98 Å². The standard InChI is InChI=1S/C13H16N2O3S/c1-17-9-3-4-10(18-2)12-11(9)14-13(19-12)15-6-5-8(16)7-15/h3-4,8,16H,5-7H2,1-2H3. The fourth-order valence-electron chi connectivity index (χ4n) is 2.33. The molecule has 3 rings (SSSR count). The summed E-state index contributed by atoms with van der Waals surface area (Å²) in [7, 11) is 3.29. The second-order valence-electron chi connectivity index (χ2n) is 4.53. The predicted molar refractivity (Wildman–Crippen MR) is 75.6 cm³/mol. The first-order valence-corrected chi connectivity index (χ1v) is 6.99. The maximum atomic E-state index is 9.62. The molecule has 0 bridgehead atoms. The Morgan fingerprint density at radius 3 is 2.68 bits per heavy atom. The summed E-state index contributed by atoms with van der Waals surface area (Å²) >= 11 is 1.58. The van der Waals surface area contributed by atoms with Crippen molar-refractivity contribution in [1.82, 2.24) is 4.98 Å². The monoisotopic (exact) mass is 280 g/mol. The van der Waals surface area contributed by atoms with Crippen molar-refractivity contribution < 1.29 is 14.6 Å². The number of methoxy groups -OCH3 is 2. The van der Waals surface area contributed by atoms with E-state index in [0.29, 0.717) is 6.54 Å². The molecule has 0 saturated carbocycles. The van der Waals surface area contributed by atoms with Crippen LogP contribution in [0.1, 0.15) is 6.42 Å². The SMILES string of the molecule is COc1ccc(OC)c2sc(N3CCC(O)C3)nc12.